The van der Waals surface area contributed by atoms with Crippen LogP contribution in [0.2, 0.25) is 32.2 Å². The highest BCUT2D eigenvalue weighted by atomic mass is 28.4. The van der Waals surface area contributed by atoms with Gasteiger partial charge in [-0.25, -0.2) is 0 Å². The van der Waals surface area contributed by atoms with Gasteiger partial charge >= 0.3 is 0 Å². The normalized spacial score (nSPS) is 11.4. The maximum Gasteiger partial charge on any atom is 0.191 e. The summed E-state index contributed by atoms with van der Waals surface area (Å²) in [4.78, 5) is 0. The van der Waals surface area contributed by atoms with E-state index in [0.29, 0.717) is 5.56 Å². The highest BCUT2D eigenvalue weighted by Crippen LogP contribution is 2.23. The average Bonchev–Trinajstić information content (AvgIpc) is 2.61. The topological polar surface area (TPSA) is 42.2 Å². The number of hydrogen-bond acceptors (Lipinski definition) is 3. The van der Waals surface area contributed by atoms with Crippen molar-refractivity contribution < 1.29 is 8.85 Å². The third kappa shape index (κ3) is 6.79. The first-order valence-electron chi connectivity index (χ1n) is 9.12. The summed E-state index contributed by atoms with van der Waals surface area (Å²) in [6, 6.07) is 19.1. The molecule has 3 nitrogen and oxygen atoms in total. The Hall–Kier alpha value is -1.88. The van der Waals surface area contributed by atoms with Gasteiger partial charge in [0.25, 0.3) is 0 Å². The molecule has 137 valence electrons. The van der Waals surface area contributed by atoms with Gasteiger partial charge in [-0.1, -0.05) is 30.7 Å². The van der Waals surface area contributed by atoms with Crippen LogP contribution in [-0.4, -0.2) is 24.0 Å². The SMILES string of the molecule is C[Si](C)O[Si](C)(C)CCCCOc1ccc(-c2ccc(C#N)cc2)cc1. The molecule has 5 heteroatoms. The molecule has 2 aromatic carbocycles. The van der Waals surface area contributed by atoms with Crippen LogP contribution in [0.4, 0.5) is 0 Å². The van der Waals surface area contributed by atoms with Crippen LogP contribution in [0, 0.1) is 11.3 Å². The molecule has 0 spiro atoms. The molecular weight excluding hydrogens is 354 g/mol. The van der Waals surface area contributed by atoms with E-state index in [4.69, 9.17) is 14.1 Å². The molecule has 0 atom stereocenters. The number of hydrogen-bond donors (Lipinski definition) is 0. The Balaban J connectivity index is 1.76. The molecule has 26 heavy (non-hydrogen) atoms. The van der Waals surface area contributed by atoms with E-state index in [1.54, 1.807) is 0 Å². The predicted octanol–water partition coefficient (Wildman–Crippen LogP) is 5.86. The molecule has 0 saturated carbocycles. The lowest BCUT2D eigenvalue weighted by molar-refractivity contribution is 0.308. The number of nitrogens with zero attached hydrogens (tertiary/aromatic N) is 1. The standard InChI is InChI=1S/C21H28NO2Si2/c1-25(2)24-26(3,4)16-6-5-15-23-21-13-11-20(12-14-21)19-9-7-18(17-22)8-10-19/h7-14H,5-6,15-16H2,1-4H3. The van der Waals surface area contributed by atoms with Gasteiger partial charge in [-0.2, -0.15) is 5.26 Å². The second-order valence-electron chi connectivity index (χ2n) is 7.29. The van der Waals surface area contributed by atoms with Crippen LogP contribution in [0.25, 0.3) is 11.1 Å². The second kappa shape index (κ2) is 9.72. The lowest BCUT2D eigenvalue weighted by Gasteiger charge is -2.25. The van der Waals surface area contributed by atoms with Gasteiger partial charge in [0.2, 0.25) is 0 Å². The van der Waals surface area contributed by atoms with Gasteiger partial charge in [-0.3, -0.25) is 0 Å². The second-order valence-corrected chi connectivity index (χ2v) is 13.9. The molecule has 0 N–H and O–H groups in total. The Labute approximate surface area is 160 Å². The molecule has 0 fully saturated rings. The smallest absolute Gasteiger partial charge is 0.191 e. The first-order valence-corrected chi connectivity index (χ1v) is 14.6. The van der Waals surface area contributed by atoms with E-state index < -0.39 is 17.4 Å². The highest BCUT2D eigenvalue weighted by molar-refractivity contribution is 6.77. The maximum absolute atomic E-state index is 8.87. The Kier molecular flexibility index (Phi) is 7.64. The largest absolute Gasteiger partial charge is 0.494 e. The fraction of sp³-hybridized carbons (Fsp3) is 0.381. The van der Waals surface area contributed by atoms with Crippen molar-refractivity contribution in [2.45, 2.75) is 45.1 Å². The summed E-state index contributed by atoms with van der Waals surface area (Å²) in [7, 11) is -2.07. The minimum atomic E-state index is -1.48. The van der Waals surface area contributed by atoms with Crippen LogP contribution in [0.5, 0.6) is 5.75 Å². The van der Waals surface area contributed by atoms with Crippen molar-refractivity contribution >= 4 is 17.4 Å². The summed E-state index contributed by atoms with van der Waals surface area (Å²) in [5.41, 5.74) is 2.92. The van der Waals surface area contributed by atoms with Crippen LogP contribution in [0.1, 0.15) is 18.4 Å². The molecule has 0 aromatic heterocycles. The van der Waals surface area contributed by atoms with Gasteiger partial charge in [0.15, 0.2) is 17.4 Å². The average molecular weight is 383 g/mol. The Bertz CT molecular complexity index is 719. The van der Waals surface area contributed by atoms with E-state index in [-0.39, 0.29) is 0 Å². The van der Waals surface area contributed by atoms with Crippen molar-refractivity contribution in [3.05, 3.63) is 54.1 Å². The zero-order valence-electron chi connectivity index (χ0n) is 16.2. The lowest BCUT2D eigenvalue weighted by Crippen LogP contribution is -2.35. The summed E-state index contributed by atoms with van der Waals surface area (Å²) >= 11 is 0. The molecule has 0 aliphatic heterocycles. The van der Waals surface area contributed by atoms with Gasteiger partial charge in [0, 0.05) is 0 Å². The van der Waals surface area contributed by atoms with E-state index in [0.717, 1.165) is 36.3 Å². The van der Waals surface area contributed by atoms with E-state index in [2.05, 4.69) is 44.4 Å². The summed E-state index contributed by atoms with van der Waals surface area (Å²) in [5, 5.41) is 8.87. The number of benzene rings is 2. The number of rotatable bonds is 9. The van der Waals surface area contributed by atoms with Crippen LogP contribution in [-0.2, 0) is 4.12 Å². The summed E-state index contributed by atoms with van der Waals surface area (Å²) in [6.07, 6.45) is 2.23. The number of ether oxygens (including phenoxy) is 1. The molecule has 1 radical (unpaired) electrons. The van der Waals surface area contributed by atoms with Gasteiger partial charge in [0.1, 0.15) is 5.75 Å². The molecule has 0 saturated heterocycles. The first kappa shape index (κ1) is 20.4. The summed E-state index contributed by atoms with van der Waals surface area (Å²) < 4.78 is 12.0. The van der Waals surface area contributed by atoms with Gasteiger partial charge in [0.05, 0.1) is 18.2 Å². The quantitative estimate of drug-likeness (QED) is 0.403. The summed E-state index contributed by atoms with van der Waals surface area (Å²) in [5.74, 6) is 0.905. The molecular formula is C21H28NO2Si2. The molecule has 0 amide bonds. The van der Waals surface area contributed by atoms with Crippen molar-refractivity contribution in [1.82, 2.24) is 0 Å². The van der Waals surface area contributed by atoms with Crippen molar-refractivity contribution in [3.63, 3.8) is 0 Å². The third-order valence-corrected chi connectivity index (χ3v) is 9.52. The van der Waals surface area contributed by atoms with Gasteiger partial charge in [-0.15, -0.1) is 0 Å². The zero-order chi connectivity index (χ0) is 19.0. The Morgan fingerprint density at radius 2 is 1.50 bits per heavy atom. The fourth-order valence-electron chi connectivity index (χ4n) is 2.93. The molecule has 0 unspecified atom stereocenters. The maximum atomic E-state index is 8.87. The van der Waals surface area contributed by atoms with Crippen LogP contribution in [0.15, 0.2) is 48.5 Å². The van der Waals surface area contributed by atoms with Crippen molar-refractivity contribution in [1.29, 1.82) is 5.26 Å². The van der Waals surface area contributed by atoms with E-state index >= 15 is 0 Å². The molecule has 0 bridgehead atoms. The fourth-order valence-corrected chi connectivity index (χ4v) is 8.86. The summed E-state index contributed by atoms with van der Waals surface area (Å²) in [6.45, 7) is 9.80. The lowest BCUT2D eigenvalue weighted by atomic mass is 10.0. The van der Waals surface area contributed by atoms with Crippen LogP contribution >= 0.6 is 0 Å². The van der Waals surface area contributed by atoms with E-state index in [1.807, 2.05) is 36.4 Å². The minimum Gasteiger partial charge on any atom is -0.494 e. The van der Waals surface area contributed by atoms with Crippen molar-refractivity contribution in [2.75, 3.05) is 6.61 Å². The van der Waals surface area contributed by atoms with E-state index in [1.165, 1.54) is 6.04 Å². The number of unbranched alkanes of at least 4 members (excludes halogenated alkanes) is 1. The van der Waals surface area contributed by atoms with Crippen LogP contribution in [0.3, 0.4) is 0 Å². The van der Waals surface area contributed by atoms with Gasteiger partial charge < -0.3 is 8.85 Å². The zero-order valence-corrected chi connectivity index (χ0v) is 18.2. The predicted molar refractivity (Wildman–Crippen MR) is 112 cm³/mol. The third-order valence-electron chi connectivity index (χ3n) is 4.12. The molecule has 0 aliphatic rings. The highest BCUT2D eigenvalue weighted by Gasteiger charge is 2.22. The Morgan fingerprint density at radius 1 is 0.923 bits per heavy atom. The molecule has 0 aliphatic carbocycles. The van der Waals surface area contributed by atoms with Crippen molar-refractivity contribution in [3.8, 4) is 22.9 Å². The minimum absolute atomic E-state index is 0.592. The molecule has 0 heterocycles. The molecule has 2 aromatic rings. The Morgan fingerprint density at radius 3 is 2.04 bits per heavy atom. The van der Waals surface area contributed by atoms with Crippen LogP contribution < -0.4 is 4.74 Å². The monoisotopic (exact) mass is 382 g/mol. The first-order chi connectivity index (χ1) is 12.4. The molecule has 2 rings (SSSR count). The van der Waals surface area contributed by atoms with Gasteiger partial charge in [-0.05, 0) is 74.0 Å². The van der Waals surface area contributed by atoms with E-state index in [9.17, 15) is 0 Å². The number of nitriles is 1. The van der Waals surface area contributed by atoms with Crippen molar-refractivity contribution in [2.24, 2.45) is 0 Å².